The molecule has 0 aliphatic rings. The number of hydrogen-bond acceptors (Lipinski definition) is 6. The SMILES string of the molecule is CCCCCCCCNC(=O)[C@H](CCC(=O)NC(=O)c1ccc(/C(O)=C/C(=O)C(F)(F)F)cc1)NCCCCCCCC. The number of benzene rings is 1. The van der Waals surface area contributed by atoms with Crippen LogP contribution in [0.3, 0.4) is 0 Å². The molecule has 0 aliphatic heterocycles. The number of allylic oxidation sites excluding steroid dienone is 1. The van der Waals surface area contributed by atoms with Crippen molar-refractivity contribution < 1.29 is 37.5 Å². The summed E-state index contributed by atoms with van der Waals surface area (Å²) >= 11 is 0. The quantitative estimate of drug-likeness (QED) is 0.0670. The monoisotopic (exact) mass is 611 g/mol. The summed E-state index contributed by atoms with van der Waals surface area (Å²) < 4.78 is 37.2. The van der Waals surface area contributed by atoms with Crippen LogP contribution in [-0.4, -0.2) is 53.9 Å². The van der Waals surface area contributed by atoms with Crippen molar-refractivity contribution in [3.05, 3.63) is 41.5 Å². The zero-order valence-corrected chi connectivity index (χ0v) is 25.5. The van der Waals surface area contributed by atoms with E-state index in [0.717, 1.165) is 50.7 Å². The lowest BCUT2D eigenvalue weighted by Gasteiger charge is -2.18. The highest BCUT2D eigenvalue weighted by atomic mass is 19.4. The Bertz CT molecular complexity index is 1030. The minimum atomic E-state index is -5.12. The molecule has 0 bridgehead atoms. The first kappa shape index (κ1) is 37.8. The second-order valence-corrected chi connectivity index (χ2v) is 10.7. The van der Waals surface area contributed by atoms with Crippen molar-refractivity contribution in [3.63, 3.8) is 0 Å². The third-order valence-electron chi connectivity index (χ3n) is 6.97. The number of carbonyl (C=O) groups excluding carboxylic acids is 4. The molecular formula is C32H48F3N3O5. The fourth-order valence-corrected chi connectivity index (χ4v) is 4.37. The molecule has 0 saturated heterocycles. The van der Waals surface area contributed by atoms with Gasteiger partial charge in [0.25, 0.3) is 11.7 Å². The molecule has 0 saturated carbocycles. The average Bonchev–Trinajstić information content (AvgIpc) is 2.97. The fourth-order valence-electron chi connectivity index (χ4n) is 4.37. The summed E-state index contributed by atoms with van der Waals surface area (Å²) in [6.07, 6.45) is 8.36. The topological polar surface area (TPSA) is 125 Å². The van der Waals surface area contributed by atoms with Gasteiger partial charge in [0.1, 0.15) is 5.76 Å². The largest absolute Gasteiger partial charge is 0.507 e. The maximum absolute atomic E-state index is 12.9. The van der Waals surface area contributed by atoms with Gasteiger partial charge in [0.15, 0.2) is 0 Å². The summed E-state index contributed by atoms with van der Waals surface area (Å²) in [6, 6.07) is 4.16. The number of aliphatic hydroxyl groups excluding tert-OH is 1. The summed E-state index contributed by atoms with van der Waals surface area (Å²) in [5.74, 6) is -4.61. The molecule has 242 valence electrons. The molecule has 1 aromatic rings. The number of rotatable bonds is 22. The molecule has 1 rings (SSSR count). The first-order valence-electron chi connectivity index (χ1n) is 15.5. The predicted octanol–water partition coefficient (Wildman–Crippen LogP) is 6.55. The van der Waals surface area contributed by atoms with E-state index in [1.807, 2.05) is 0 Å². The smallest absolute Gasteiger partial charge is 0.454 e. The highest BCUT2D eigenvalue weighted by molar-refractivity contribution is 6.05. The predicted molar refractivity (Wildman–Crippen MR) is 161 cm³/mol. The van der Waals surface area contributed by atoms with E-state index in [9.17, 15) is 37.5 Å². The van der Waals surface area contributed by atoms with Gasteiger partial charge in [-0.15, -0.1) is 0 Å². The lowest BCUT2D eigenvalue weighted by atomic mass is 10.1. The van der Waals surface area contributed by atoms with E-state index in [1.54, 1.807) is 0 Å². The second kappa shape index (κ2) is 21.5. The molecule has 8 nitrogen and oxygen atoms in total. The van der Waals surface area contributed by atoms with Crippen LogP contribution >= 0.6 is 0 Å². The maximum atomic E-state index is 12.9. The van der Waals surface area contributed by atoms with E-state index < -0.39 is 35.6 Å². The lowest BCUT2D eigenvalue weighted by molar-refractivity contribution is -0.165. The highest BCUT2D eigenvalue weighted by Gasteiger charge is 2.37. The molecule has 0 unspecified atom stereocenters. The maximum Gasteiger partial charge on any atom is 0.454 e. The van der Waals surface area contributed by atoms with E-state index in [-0.39, 0.29) is 36.0 Å². The van der Waals surface area contributed by atoms with E-state index in [1.165, 1.54) is 50.7 Å². The van der Waals surface area contributed by atoms with E-state index in [4.69, 9.17) is 0 Å². The van der Waals surface area contributed by atoms with Crippen LogP contribution in [0, 0.1) is 0 Å². The minimum absolute atomic E-state index is 0.0291. The third kappa shape index (κ3) is 16.9. The molecule has 0 aromatic heterocycles. The molecule has 43 heavy (non-hydrogen) atoms. The number of aliphatic hydroxyl groups is 1. The van der Waals surface area contributed by atoms with Crippen LogP contribution < -0.4 is 16.0 Å². The van der Waals surface area contributed by atoms with Crippen LogP contribution in [-0.2, 0) is 14.4 Å². The Balaban J connectivity index is 2.63. The first-order valence-corrected chi connectivity index (χ1v) is 15.5. The van der Waals surface area contributed by atoms with Gasteiger partial charge < -0.3 is 15.7 Å². The van der Waals surface area contributed by atoms with Gasteiger partial charge in [0.2, 0.25) is 11.8 Å². The van der Waals surface area contributed by atoms with Crippen LogP contribution in [0.15, 0.2) is 30.3 Å². The standard InChI is InChI=1S/C32H48F3N3O5/c1-3-5-7-9-11-13-21-36-26(31(43)37-22-14-12-10-8-6-4-2)19-20-29(41)38-30(42)25-17-15-24(16-18-25)27(39)23-28(40)32(33,34)35/h15-18,23,26,36,39H,3-14,19-22H2,1-2H3,(H,37,43)(H,38,41,42)/b27-23-/t26-/m0/s1. The van der Waals surface area contributed by atoms with Gasteiger partial charge in [-0.3, -0.25) is 24.5 Å². The minimum Gasteiger partial charge on any atom is -0.507 e. The van der Waals surface area contributed by atoms with Gasteiger partial charge in [-0.25, -0.2) is 0 Å². The van der Waals surface area contributed by atoms with Crippen molar-refractivity contribution in [1.82, 2.24) is 16.0 Å². The number of hydrogen-bond donors (Lipinski definition) is 4. The van der Waals surface area contributed by atoms with Crippen molar-refractivity contribution in [2.75, 3.05) is 13.1 Å². The molecule has 1 atom stereocenters. The van der Waals surface area contributed by atoms with Crippen molar-refractivity contribution in [1.29, 1.82) is 0 Å². The molecule has 0 fully saturated rings. The highest BCUT2D eigenvalue weighted by Crippen LogP contribution is 2.20. The van der Waals surface area contributed by atoms with Crippen LogP contribution in [0.2, 0.25) is 0 Å². The Morgan fingerprint density at radius 2 is 1.30 bits per heavy atom. The fraction of sp³-hybridized carbons (Fsp3) is 0.625. The van der Waals surface area contributed by atoms with E-state index >= 15 is 0 Å². The molecule has 4 N–H and O–H groups in total. The van der Waals surface area contributed by atoms with Crippen LogP contribution in [0.5, 0.6) is 0 Å². The number of ketones is 1. The first-order chi connectivity index (χ1) is 20.5. The number of carbonyl (C=O) groups is 4. The van der Waals surface area contributed by atoms with Crippen molar-refractivity contribution in [2.45, 2.75) is 116 Å². The number of alkyl halides is 3. The summed E-state index contributed by atoms with van der Waals surface area (Å²) in [6.45, 7) is 5.53. The number of imide groups is 1. The lowest BCUT2D eigenvalue weighted by Crippen LogP contribution is -2.45. The summed E-state index contributed by atoms with van der Waals surface area (Å²) in [7, 11) is 0. The van der Waals surface area contributed by atoms with Crippen molar-refractivity contribution in [3.8, 4) is 0 Å². The van der Waals surface area contributed by atoms with E-state index in [2.05, 4.69) is 29.8 Å². The Kier molecular flexibility index (Phi) is 18.9. The number of amides is 3. The Morgan fingerprint density at radius 3 is 1.86 bits per heavy atom. The summed E-state index contributed by atoms with van der Waals surface area (Å²) in [5.41, 5.74) is -0.0757. The van der Waals surface area contributed by atoms with Gasteiger partial charge in [-0.05, 0) is 37.9 Å². The van der Waals surface area contributed by atoms with Gasteiger partial charge in [0, 0.05) is 30.2 Å². The molecule has 1 aromatic carbocycles. The molecule has 0 spiro atoms. The second-order valence-electron chi connectivity index (χ2n) is 10.7. The third-order valence-corrected chi connectivity index (χ3v) is 6.97. The number of nitrogens with one attached hydrogen (secondary N) is 3. The Hall–Kier alpha value is -3.21. The van der Waals surface area contributed by atoms with Crippen molar-refractivity contribution >= 4 is 29.3 Å². The van der Waals surface area contributed by atoms with Crippen LogP contribution in [0.4, 0.5) is 13.2 Å². The molecule has 0 radical (unpaired) electrons. The zero-order chi connectivity index (χ0) is 32.1. The van der Waals surface area contributed by atoms with Crippen LogP contribution in [0.25, 0.3) is 5.76 Å². The number of unbranched alkanes of at least 4 members (excludes halogenated alkanes) is 10. The average molecular weight is 612 g/mol. The zero-order valence-electron chi connectivity index (χ0n) is 25.5. The number of halogens is 3. The van der Waals surface area contributed by atoms with E-state index in [0.29, 0.717) is 13.1 Å². The molecule has 11 heteroatoms. The van der Waals surface area contributed by atoms with Gasteiger partial charge in [-0.2, -0.15) is 13.2 Å². The van der Waals surface area contributed by atoms with Crippen molar-refractivity contribution in [2.24, 2.45) is 0 Å². The van der Waals surface area contributed by atoms with Gasteiger partial charge in [0.05, 0.1) is 6.04 Å². The van der Waals surface area contributed by atoms with Gasteiger partial charge in [-0.1, -0.05) is 90.2 Å². The molecule has 3 amide bonds. The summed E-state index contributed by atoms with van der Waals surface area (Å²) in [4.78, 5) is 48.9. The van der Waals surface area contributed by atoms with Gasteiger partial charge >= 0.3 is 6.18 Å². The summed E-state index contributed by atoms with van der Waals surface area (Å²) in [5, 5.41) is 18.2. The molecular weight excluding hydrogens is 563 g/mol. The Morgan fingerprint density at radius 1 is 0.791 bits per heavy atom. The van der Waals surface area contributed by atoms with Crippen LogP contribution in [0.1, 0.15) is 120 Å². The Labute approximate surface area is 253 Å². The normalized spacial score (nSPS) is 12.5. The molecule has 0 aliphatic carbocycles. The molecule has 0 heterocycles.